The Hall–Kier alpha value is -0.570. The number of amides is 1. The lowest BCUT2D eigenvalue weighted by molar-refractivity contribution is -0.150. The van der Waals surface area contributed by atoms with Crippen molar-refractivity contribution in [3.63, 3.8) is 0 Å². The van der Waals surface area contributed by atoms with Crippen molar-refractivity contribution in [3.05, 3.63) is 0 Å². The van der Waals surface area contributed by atoms with Gasteiger partial charge in [-0.05, 0) is 57.5 Å². The van der Waals surface area contributed by atoms with Crippen LogP contribution in [0.1, 0.15) is 52.4 Å². The molecule has 0 aromatic heterocycles. The van der Waals surface area contributed by atoms with E-state index in [0.29, 0.717) is 17.7 Å². The molecule has 0 aromatic carbocycles. The van der Waals surface area contributed by atoms with Crippen molar-refractivity contribution in [1.29, 1.82) is 0 Å². The topological polar surface area (TPSA) is 32.3 Å². The summed E-state index contributed by atoms with van der Waals surface area (Å²) in [6.07, 6.45) is 7.01. The Morgan fingerprint density at radius 1 is 1.37 bits per heavy atom. The number of likely N-dealkylation sites (tertiary alicyclic amines) is 1. The maximum absolute atomic E-state index is 12.9. The lowest BCUT2D eigenvalue weighted by Crippen LogP contribution is -2.52. The summed E-state index contributed by atoms with van der Waals surface area (Å²) in [6, 6.07) is 0. The van der Waals surface area contributed by atoms with Crippen LogP contribution in [-0.2, 0) is 4.79 Å². The minimum absolute atomic E-state index is 0.00962. The molecule has 1 saturated carbocycles. The number of carbonyl (C=O) groups is 1. The SMILES string of the molecule is CNCC1CCCN(C(=O)C2(CC(C)C)CCC2)C1. The lowest BCUT2D eigenvalue weighted by Gasteiger charge is -2.46. The Balaban J connectivity index is 1.97. The van der Waals surface area contributed by atoms with E-state index in [9.17, 15) is 4.79 Å². The molecule has 3 nitrogen and oxygen atoms in total. The number of hydrogen-bond acceptors (Lipinski definition) is 2. The highest BCUT2D eigenvalue weighted by molar-refractivity contribution is 5.83. The van der Waals surface area contributed by atoms with Crippen LogP contribution in [0.15, 0.2) is 0 Å². The summed E-state index contributed by atoms with van der Waals surface area (Å²) in [5.74, 6) is 1.74. The first kappa shape index (κ1) is 14.8. The zero-order valence-electron chi connectivity index (χ0n) is 12.9. The first-order chi connectivity index (χ1) is 9.07. The third-order valence-electron chi connectivity index (χ3n) is 4.86. The van der Waals surface area contributed by atoms with Crippen molar-refractivity contribution >= 4 is 5.91 Å². The third-order valence-corrected chi connectivity index (χ3v) is 4.86. The van der Waals surface area contributed by atoms with E-state index < -0.39 is 0 Å². The molecule has 1 saturated heterocycles. The maximum Gasteiger partial charge on any atom is 0.228 e. The van der Waals surface area contributed by atoms with Gasteiger partial charge in [0, 0.05) is 18.5 Å². The highest BCUT2D eigenvalue weighted by Crippen LogP contribution is 2.47. The van der Waals surface area contributed by atoms with Crippen LogP contribution in [-0.4, -0.2) is 37.5 Å². The van der Waals surface area contributed by atoms with Crippen molar-refractivity contribution in [1.82, 2.24) is 10.2 Å². The molecule has 1 aliphatic carbocycles. The van der Waals surface area contributed by atoms with Crippen molar-refractivity contribution in [3.8, 4) is 0 Å². The molecule has 1 N–H and O–H groups in total. The number of nitrogens with one attached hydrogen (secondary N) is 1. The number of carbonyl (C=O) groups excluding carboxylic acids is 1. The molecule has 1 unspecified atom stereocenters. The molecule has 1 heterocycles. The van der Waals surface area contributed by atoms with E-state index in [0.717, 1.165) is 38.9 Å². The zero-order valence-corrected chi connectivity index (χ0v) is 12.9. The summed E-state index contributed by atoms with van der Waals surface area (Å²) in [4.78, 5) is 15.1. The van der Waals surface area contributed by atoms with Crippen LogP contribution in [0.4, 0.5) is 0 Å². The van der Waals surface area contributed by atoms with Crippen LogP contribution in [0.5, 0.6) is 0 Å². The Morgan fingerprint density at radius 3 is 2.63 bits per heavy atom. The molecule has 1 atom stereocenters. The second-order valence-corrected chi connectivity index (χ2v) is 7.05. The Labute approximate surface area is 118 Å². The van der Waals surface area contributed by atoms with Gasteiger partial charge < -0.3 is 10.2 Å². The standard InChI is InChI=1S/C16H30N2O/c1-13(2)10-16(7-5-8-16)15(19)18-9-4-6-14(12-18)11-17-3/h13-14,17H,4-12H2,1-3H3. The Morgan fingerprint density at radius 2 is 2.11 bits per heavy atom. The van der Waals surface area contributed by atoms with E-state index in [1.807, 2.05) is 7.05 Å². The predicted octanol–water partition coefficient (Wildman–Crippen LogP) is 2.66. The minimum Gasteiger partial charge on any atom is -0.342 e. The van der Waals surface area contributed by atoms with Gasteiger partial charge in [0.25, 0.3) is 0 Å². The van der Waals surface area contributed by atoms with Gasteiger partial charge in [0.15, 0.2) is 0 Å². The number of piperidine rings is 1. The summed E-state index contributed by atoms with van der Waals surface area (Å²) in [5, 5.41) is 3.26. The molecule has 0 aromatic rings. The Bertz CT molecular complexity index is 308. The monoisotopic (exact) mass is 266 g/mol. The fourth-order valence-corrected chi connectivity index (χ4v) is 3.93. The van der Waals surface area contributed by atoms with Crippen molar-refractivity contribution in [2.45, 2.75) is 52.4 Å². The molecule has 0 bridgehead atoms. The lowest BCUT2D eigenvalue weighted by atomic mass is 9.63. The van der Waals surface area contributed by atoms with Gasteiger partial charge in [-0.15, -0.1) is 0 Å². The van der Waals surface area contributed by atoms with Gasteiger partial charge in [0.05, 0.1) is 0 Å². The molecule has 110 valence electrons. The second-order valence-electron chi connectivity index (χ2n) is 7.05. The van der Waals surface area contributed by atoms with E-state index in [-0.39, 0.29) is 5.41 Å². The molecule has 0 spiro atoms. The second kappa shape index (κ2) is 6.25. The Kier molecular flexibility index (Phi) is 4.88. The van der Waals surface area contributed by atoms with Gasteiger partial charge in [-0.2, -0.15) is 0 Å². The largest absolute Gasteiger partial charge is 0.342 e. The fraction of sp³-hybridized carbons (Fsp3) is 0.938. The average Bonchev–Trinajstić information content (AvgIpc) is 2.33. The summed E-state index contributed by atoms with van der Waals surface area (Å²) in [7, 11) is 2.01. The molecule has 1 aliphatic heterocycles. The smallest absolute Gasteiger partial charge is 0.228 e. The quantitative estimate of drug-likeness (QED) is 0.829. The van der Waals surface area contributed by atoms with Crippen molar-refractivity contribution < 1.29 is 4.79 Å². The average molecular weight is 266 g/mol. The highest BCUT2D eigenvalue weighted by Gasteiger charge is 2.46. The molecular weight excluding hydrogens is 236 g/mol. The van der Waals surface area contributed by atoms with E-state index in [4.69, 9.17) is 0 Å². The van der Waals surface area contributed by atoms with E-state index in [1.54, 1.807) is 0 Å². The first-order valence-electron chi connectivity index (χ1n) is 8.01. The summed E-state index contributed by atoms with van der Waals surface area (Å²) in [6.45, 7) is 7.49. The van der Waals surface area contributed by atoms with Crippen LogP contribution in [0.2, 0.25) is 0 Å². The third kappa shape index (κ3) is 3.31. The normalized spacial score (nSPS) is 26.3. The fourth-order valence-electron chi connectivity index (χ4n) is 3.93. The maximum atomic E-state index is 12.9. The highest BCUT2D eigenvalue weighted by atomic mass is 16.2. The van der Waals surface area contributed by atoms with Gasteiger partial charge in [0.2, 0.25) is 5.91 Å². The molecule has 2 rings (SSSR count). The minimum atomic E-state index is 0.00962. The van der Waals surface area contributed by atoms with Gasteiger partial charge in [0.1, 0.15) is 0 Å². The van der Waals surface area contributed by atoms with Crippen molar-refractivity contribution in [2.24, 2.45) is 17.3 Å². The van der Waals surface area contributed by atoms with E-state index >= 15 is 0 Å². The summed E-state index contributed by atoms with van der Waals surface area (Å²) in [5.41, 5.74) is 0.00962. The van der Waals surface area contributed by atoms with Crippen LogP contribution < -0.4 is 5.32 Å². The number of nitrogens with zero attached hydrogens (tertiary/aromatic N) is 1. The van der Waals surface area contributed by atoms with Gasteiger partial charge in [-0.25, -0.2) is 0 Å². The van der Waals surface area contributed by atoms with Gasteiger partial charge >= 0.3 is 0 Å². The molecule has 2 aliphatic rings. The zero-order chi connectivity index (χ0) is 13.9. The van der Waals surface area contributed by atoms with Crippen molar-refractivity contribution in [2.75, 3.05) is 26.7 Å². The van der Waals surface area contributed by atoms with Gasteiger partial charge in [-0.3, -0.25) is 4.79 Å². The van der Waals surface area contributed by atoms with Crippen LogP contribution in [0.3, 0.4) is 0 Å². The molecule has 0 radical (unpaired) electrons. The molecular formula is C16H30N2O. The number of rotatable bonds is 5. The predicted molar refractivity (Wildman–Crippen MR) is 79.0 cm³/mol. The summed E-state index contributed by atoms with van der Waals surface area (Å²) >= 11 is 0. The molecule has 1 amide bonds. The van der Waals surface area contributed by atoms with Gasteiger partial charge in [-0.1, -0.05) is 20.3 Å². The van der Waals surface area contributed by atoms with E-state index in [1.165, 1.54) is 19.3 Å². The molecule has 19 heavy (non-hydrogen) atoms. The molecule has 2 fully saturated rings. The summed E-state index contributed by atoms with van der Waals surface area (Å²) < 4.78 is 0. The first-order valence-corrected chi connectivity index (χ1v) is 8.01. The number of hydrogen-bond donors (Lipinski definition) is 1. The van der Waals surface area contributed by atoms with Crippen LogP contribution in [0, 0.1) is 17.3 Å². The van der Waals surface area contributed by atoms with E-state index in [2.05, 4.69) is 24.1 Å². The van der Waals surface area contributed by atoms with Crippen LogP contribution >= 0.6 is 0 Å². The van der Waals surface area contributed by atoms with Crippen LogP contribution in [0.25, 0.3) is 0 Å². The molecule has 3 heteroatoms.